The second-order valence-electron chi connectivity index (χ2n) is 3.82. The van der Waals surface area contributed by atoms with Gasteiger partial charge in [0.1, 0.15) is 5.75 Å². The van der Waals surface area contributed by atoms with Crippen LogP contribution in [-0.4, -0.2) is 0 Å². The van der Waals surface area contributed by atoms with Gasteiger partial charge in [-0.25, -0.2) is 0 Å². The van der Waals surface area contributed by atoms with Gasteiger partial charge in [-0.15, -0.1) is 0 Å². The monoisotopic (exact) mass is 198 g/mol. The summed E-state index contributed by atoms with van der Waals surface area (Å²) in [6.07, 6.45) is 1.77. The smallest absolute Gasteiger partial charge is 0.127 e. The minimum absolute atomic E-state index is 0.884. The van der Waals surface area contributed by atoms with Gasteiger partial charge in [0.05, 0.1) is 6.26 Å². The highest BCUT2D eigenvalue weighted by Crippen LogP contribution is 2.20. The highest BCUT2D eigenvalue weighted by Gasteiger charge is 1.95. The molecule has 0 radical (unpaired) electrons. The van der Waals surface area contributed by atoms with Crippen LogP contribution < -0.4 is 4.74 Å². The molecule has 0 fully saturated rings. The Balaban J connectivity index is 2.34. The molecule has 1 nitrogen and oxygen atoms in total. The van der Waals surface area contributed by atoms with Crippen molar-refractivity contribution >= 4 is 10.8 Å². The van der Waals surface area contributed by atoms with E-state index in [1.165, 1.54) is 10.8 Å². The van der Waals surface area contributed by atoms with Crippen molar-refractivity contribution in [1.29, 1.82) is 0 Å². The van der Waals surface area contributed by atoms with Crippen molar-refractivity contribution in [2.24, 2.45) is 0 Å². The first-order valence-electron chi connectivity index (χ1n) is 5.04. The van der Waals surface area contributed by atoms with Crippen molar-refractivity contribution in [2.75, 3.05) is 0 Å². The fraction of sp³-hybridized carbons (Fsp3) is 0.143. The van der Waals surface area contributed by atoms with Gasteiger partial charge in [0.2, 0.25) is 0 Å². The van der Waals surface area contributed by atoms with E-state index in [1.807, 2.05) is 32.0 Å². The summed E-state index contributed by atoms with van der Waals surface area (Å²) in [6, 6.07) is 14.4. The topological polar surface area (TPSA) is 9.23 Å². The summed E-state index contributed by atoms with van der Waals surface area (Å²) in [6.45, 7) is 4.03. The molecule has 2 aromatic carbocycles. The van der Waals surface area contributed by atoms with Gasteiger partial charge in [0, 0.05) is 0 Å². The minimum Gasteiger partial charge on any atom is -0.465 e. The van der Waals surface area contributed by atoms with E-state index in [2.05, 4.69) is 24.3 Å². The SMILES string of the molecule is CC(C)=COc1ccc2ccccc2c1. The van der Waals surface area contributed by atoms with E-state index < -0.39 is 0 Å². The summed E-state index contributed by atoms with van der Waals surface area (Å²) in [5, 5.41) is 2.44. The quantitative estimate of drug-likeness (QED) is 0.659. The molecule has 0 bridgehead atoms. The molecule has 0 aliphatic rings. The van der Waals surface area contributed by atoms with Crippen molar-refractivity contribution in [1.82, 2.24) is 0 Å². The molecule has 0 saturated heterocycles. The number of fused-ring (bicyclic) bond motifs is 1. The summed E-state index contributed by atoms with van der Waals surface area (Å²) in [5.41, 5.74) is 1.16. The number of benzene rings is 2. The average molecular weight is 198 g/mol. The van der Waals surface area contributed by atoms with Crippen LogP contribution in [0, 0.1) is 0 Å². The van der Waals surface area contributed by atoms with Crippen LogP contribution in [0.1, 0.15) is 13.8 Å². The van der Waals surface area contributed by atoms with E-state index >= 15 is 0 Å². The number of hydrogen-bond donors (Lipinski definition) is 0. The third-order valence-electron chi connectivity index (χ3n) is 2.15. The first kappa shape index (κ1) is 9.78. The van der Waals surface area contributed by atoms with Gasteiger partial charge in [-0.1, -0.05) is 30.3 Å². The van der Waals surface area contributed by atoms with Gasteiger partial charge < -0.3 is 4.74 Å². The lowest BCUT2D eigenvalue weighted by Gasteiger charge is -2.03. The van der Waals surface area contributed by atoms with Gasteiger partial charge in [-0.3, -0.25) is 0 Å². The molecule has 2 rings (SSSR count). The Morgan fingerprint density at radius 1 is 1.00 bits per heavy atom. The molecule has 0 N–H and O–H groups in total. The van der Waals surface area contributed by atoms with Crippen LogP contribution in [0.4, 0.5) is 0 Å². The van der Waals surface area contributed by atoms with Gasteiger partial charge >= 0.3 is 0 Å². The first-order chi connectivity index (χ1) is 7.25. The van der Waals surface area contributed by atoms with Crippen molar-refractivity contribution in [2.45, 2.75) is 13.8 Å². The molecule has 76 valence electrons. The fourth-order valence-corrected chi connectivity index (χ4v) is 1.43. The summed E-state index contributed by atoms with van der Waals surface area (Å²) < 4.78 is 5.51. The average Bonchev–Trinajstić information content (AvgIpc) is 2.26. The Morgan fingerprint density at radius 2 is 1.73 bits per heavy atom. The number of rotatable bonds is 2. The van der Waals surface area contributed by atoms with Crippen LogP contribution in [0.2, 0.25) is 0 Å². The molecule has 0 heterocycles. The van der Waals surface area contributed by atoms with Crippen molar-refractivity contribution in [3.63, 3.8) is 0 Å². The van der Waals surface area contributed by atoms with Crippen molar-refractivity contribution < 1.29 is 4.74 Å². The maximum atomic E-state index is 5.51. The third kappa shape index (κ3) is 2.38. The van der Waals surface area contributed by atoms with Gasteiger partial charge in [0.15, 0.2) is 0 Å². The molecule has 0 aliphatic carbocycles. The Bertz CT molecular complexity index is 493. The Hall–Kier alpha value is -1.76. The molecular formula is C14H14O. The van der Waals surface area contributed by atoms with E-state index in [1.54, 1.807) is 6.26 Å². The van der Waals surface area contributed by atoms with E-state index in [9.17, 15) is 0 Å². The molecular weight excluding hydrogens is 184 g/mol. The molecule has 0 unspecified atom stereocenters. The summed E-state index contributed by atoms with van der Waals surface area (Å²) in [5.74, 6) is 0.884. The Kier molecular flexibility index (Phi) is 2.72. The molecule has 0 aromatic heterocycles. The zero-order chi connectivity index (χ0) is 10.7. The normalized spacial score (nSPS) is 10.0. The van der Waals surface area contributed by atoms with Crippen LogP contribution in [0.15, 0.2) is 54.3 Å². The highest BCUT2D eigenvalue weighted by atomic mass is 16.5. The van der Waals surface area contributed by atoms with Crippen LogP contribution in [0.25, 0.3) is 10.8 Å². The summed E-state index contributed by atoms with van der Waals surface area (Å²) in [4.78, 5) is 0. The van der Waals surface area contributed by atoms with Gasteiger partial charge in [0.25, 0.3) is 0 Å². The number of allylic oxidation sites excluding steroid dienone is 1. The first-order valence-corrected chi connectivity index (χ1v) is 5.04. The predicted molar refractivity (Wildman–Crippen MR) is 64.0 cm³/mol. The van der Waals surface area contributed by atoms with Crippen LogP contribution >= 0.6 is 0 Å². The highest BCUT2D eigenvalue weighted by molar-refractivity contribution is 5.83. The maximum Gasteiger partial charge on any atom is 0.127 e. The minimum atomic E-state index is 0.884. The Labute approximate surface area is 90.0 Å². The second-order valence-corrected chi connectivity index (χ2v) is 3.82. The third-order valence-corrected chi connectivity index (χ3v) is 2.15. The van der Waals surface area contributed by atoms with E-state index in [0.29, 0.717) is 0 Å². The van der Waals surface area contributed by atoms with Crippen molar-refractivity contribution in [3.05, 3.63) is 54.3 Å². The zero-order valence-electron chi connectivity index (χ0n) is 9.03. The molecule has 0 spiro atoms. The van der Waals surface area contributed by atoms with Gasteiger partial charge in [-0.2, -0.15) is 0 Å². The zero-order valence-corrected chi connectivity index (χ0v) is 9.03. The van der Waals surface area contributed by atoms with E-state index in [-0.39, 0.29) is 0 Å². The molecule has 2 aromatic rings. The molecule has 15 heavy (non-hydrogen) atoms. The number of hydrogen-bond acceptors (Lipinski definition) is 1. The summed E-state index contributed by atoms with van der Waals surface area (Å²) >= 11 is 0. The number of ether oxygens (including phenoxy) is 1. The fourth-order valence-electron chi connectivity index (χ4n) is 1.43. The lowest BCUT2D eigenvalue weighted by atomic mass is 10.1. The maximum absolute atomic E-state index is 5.51. The Morgan fingerprint density at radius 3 is 2.47 bits per heavy atom. The van der Waals surface area contributed by atoms with E-state index in [0.717, 1.165) is 11.3 Å². The molecule has 0 aliphatic heterocycles. The largest absolute Gasteiger partial charge is 0.465 e. The van der Waals surface area contributed by atoms with Crippen LogP contribution in [0.5, 0.6) is 5.75 Å². The molecule has 0 saturated carbocycles. The standard InChI is InChI=1S/C14H14O/c1-11(2)10-15-14-8-7-12-5-3-4-6-13(12)9-14/h3-10H,1-2H3. The lowest BCUT2D eigenvalue weighted by Crippen LogP contribution is -1.83. The predicted octanol–water partition coefficient (Wildman–Crippen LogP) is 4.14. The van der Waals surface area contributed by atoms with Crippen LogP contribution in [0.3, 0.4) is 0 Å². The van der Waals surface area contributed by atoms with Crippen LogP contribution in [-0.2, 0) is 0 Å². The van der Waals surface area contributed by atoms with E-state index in [4.69, 9.17) is 4.74 Å². The summed E-state index contributed by atoms with van der Waals surface area (Å²) in [7, 11) is 0. The molecule has 0 amide bonds. The molecule has 0 atom stereocenters. The van der Waals surface area contributed by atoms with Gasteiger partial charge in [-0.05, 0) is 42.3 Å². The van der Waals surface area contributed by atoms with Crippen molar-refractivity contribution in [3.8, 4) is 5.75 Å². The molecule has 1 heteroatoms. The lowest BCUT2D eigenvalue weighted by molar-refractivity contribution is 0.476. The second kappa shape index (κ2) is 4.18.